The number of halogens is 1. The van der Waals surface area contributed by atoms with Gasteiger partial charge in [-0.25, -0.2) is 4.79 Å². The predicted octanol–water partition coefficient (Wildman–Crippen LogP) is 5.43. The van der Waals surface area contributed by atoms with Gasteiger partial charge in [-0.05, 0) is 44.2 Å². The standard InChI is InChI=1S/C23H20ClN3O4/c1-13(2)30-19-9-7-14(11-18(19)24)23-25-22(26-31-23)17-6-4-5-16-15(8-10-20(28)29)12-27(3)21(16)17/h4-13H,1-3H3,(H,28,29). The van der Waals surface area contributed by atoms with Crippen LogP contribution in [0.2, 0.25) is 5.02 Å². The van der Waals surface area contributed by atoms with Crippen molar-refractivity contribution in [2.45, 2.75) is 20.0 Å². The Labute approximate surface area is 183 Å². The smallest absolute Gasteiger partial charge is 0.328 e. The van der Waals surface area contributed by atoms with Crippen LogP contribution in [0.25, 0.3) is 39.8 Å². The summed E-state index contributed by atoms with van der Waals surface area (Å²) in [6.07, 6.45) is 4.56. The second kappa shape index (κ2) is 8.28. The Morgan fingerprint density at radius 3 is 2.81 bits per heavy atom. The molecule has 0 radical (unpaired) electrons. The Bertz CT molecular complexity index is 1300. The predicted molar refractivity (Wildman–Crippen MR) is 119 cm³/mol. The molecule has 158 valence electrons. The van der Waals surface area contributed by atoms with Gasteiger partial charge < -0.3 is 18.9 Å². The van der Waals surface area contributed by atoms with Gasteiger partial charge in [-0.2, -0.15) is 4.98 Å². The van der Waals surface area contributed by atoms with Gasteiger partial charge in [0.2, 0.25) is 5.82 Å². The molecule has 0 fully saturated rings. The number of aromatic nitrogens is 3. The van der Waals surface area contributed by atoms with Crippen LogP contribution in [0.4, 0.5) is 0 Å². The number of hydrogen-bond donors (Lipinski definition) is 1. The molecule has 4 rings (SSSR count). The van der Waals surface area contributed by atoms with E-state index in [4.69, 9.17) is 26.0 Å². The highest BCUT2D eigenvalue weighted by molar-refractivity contribution is 6.32. The van der Waals surface area contributed by atoms with Crippen LogP contribution in [0, 0.1) is 0 Å². The molecular formula is C23H20ClN3O4. The molecule has 2 heterocycles. The number of carbonyl (C=O) groups is 1. The summed E-state index contributed by atoms with van der Waals surface area (Å²) < 4.78 is 13.1. The summed E-state index contributed by atoms with van der Waals surface area (Å²) in [5, 5.41) is 14.4. The van der Waals surface area contributed by atoms with Crippen molar-refractivity contribution in [3.05, 3.63) is 59.3 Å². The SMILES string of the molecule is CC(C)Oc1ccc(-c2nc(-c3cccc4c(C=CC(=O)O)cn(C)c34)no2)cc1Cl. The van der Waals surface area contributed by atoms with Crippen LogP contribution in [0.15, 0.2) is 53.2 Å². The molecule has 7 nitrogen and oxygen atoms in total. The Kier molecular flexibility index (Phi) is 5.52. The summed E-state index contributed by atoms with van der Waals surface area (Å²) in [6.45, 7) is 3.86. The van der Waals surface area contributed by atoms with Gasteiger partial charge in [-0.1, -0.05) is 28.9 Å². The van der Waals surface area contributed by atoms with Crippen molar-refractivity contribution < 1.29 is 19.2 Å². The van der Waals surface area contributed by atoms with Gasteiger partial charge in [-0.15, -0.1) is 0 Å². The molecule has 8 heteroatoms. The number of para-hydroxylation sites is 1. The number of carboxylic acid groups (broad SMARTS) is 1. The quantitative estimate of drug-likeness (QED) is 0.404. The van der Waals surface area contributed by atoms with Gasteiger partial charge >= 0.3 is 5.97 Å². The fourth-order valence-corrected chi connectivity index (χ4v) is 3.63. The molecular weight excluding hydrogens is 418 g/mol. The first kappa shape index (κ1) is 20.7. The summed E-state index contributed by atoms with van der Waals surface area (Å²) in [5.41, 5.74) is 3.12. The number of aliphatic carboxylic acids is 1. The van der Waals surface area contributed by atoms with E-state index >= 15 is 0 Å². The average Bonchev–Trinajstić information content (AvgIpc) is 3.33. The molecule has 2 aromatic heterocycles. The maximum Gasteiger partial charge on any atom is 0.328 e. The van der Waals surface area contributed by atoms with E-state index in [9.17, 15) is 4.79 Å². The molecule has 2 aromatic carbocycles. The van der Waals surface area contributed by atoms with Crippen molar-refractivity contribution in [1.29, 1.82) is 0 Å². The van der Waals surface area contributed by atoms with Crippen molar-refractivity contribution >= 4 is 34.5 Å². The van der Waals surface area contributed by atoms with Crippen LogP contribution in [-0.2, 0) is 11.8 Å². The number of fused-ring (bicyclic) bond motifs is 1. The molecule has 31 heavy (non-hydrogen) atoms. The van der Waals surface area contributed by atoms with E-state index in [-0.39, 0.29) is 6.10 Å². The number of ether oxygens (including phenoxy) is 1. The lowest BCUT2D eigenvalue weighted by Gasteiger charge is -2.11. The van der Waals surface area contributed by atoms with Crippen LogP contribution >= 0.6 is 11.6 Å². The third-order valence-electron chi connectivity index (χ3n) is 4.65. The largest absolute Gasteiger partial charge is 0.489 e. The van der Waals surface area contributed by atoms with Crippen molar-refractivity contribution in [3.63, 3.8) is 0 Å². The summed E-state index contributed by atoms with van der Waals surface area (Å²) >= 11 is 6.33. The second-order valence-corrected chi connectivity index (χ2v) is 7.71. The maximum absolute atomic E-state index is 10.9. The van der Waals surface area contributed by atoms with Crippen molar-refractivity contribution in [1.82, 2.24) is 14.7 Å². The van der Waals surface area contributed by atoms with Gasteiger partial charge in [0, 0.05) is 41.4 Å². The molecule has 0 atom stereocenters. The topological polar surface area (TPSA) is 90.4 Å². The van der Waals surface area contributed by atoms with E-state index in [1.165, 1.54) is 0 Å². The van der Waals surface area contributed by atoms with Gasteiger partial charge in [0.05, 0.1) is 16.6 Å². The van der Waals surface area contributed by atoms with E-state index < -0.39 is 5.97 Å². The zero-order chi connectivity index (χ0) is 22.1. The summed E-state index contributed by atoms with van der Waals surface area (Å²) in [7, 11) is 1.89. The molecule has 4 aromatic rings. The van der Waals surface area contributed by atoms with E-state index in [0.717, 1.165) is 28.1 Å². The molecule has 0 aliphatic rings. The summed E-state index contributed by atoms with van der Waals surface area (Å²) in [4.78, 5) is 15.5. The van der Waals surface area contributed by atoms with E-state index in [1.807, 2.05) is 55.9 Å². The summed E-state index contributed by atoms with van der Waals surface area (Å²) in [5.74, 6) is 0.356. The van der Waals surface area contributed by atoms with E-state index in [1.54, 1.807) is 18.2 Å². The van der Waals surface area contributed by atoms with E-state index in [2.05, 4.69) is 10.1 Å². The van der Waals surface area contributed by atoms with Gasteiger partial charge in [0.1, 0.15) is 5.75 Å². The van der Waals surface area contributed by atoms with Crippen molar-refractivity contribution in [3.8, 4) is 28.6 Å². The number of aryl methyl sites for hydroxylation is 1. The highest BCUT2D eigenvalue weighted by atomic mass is 35.5. The monoisotopic (exact) mass is 437 g/mol. The first-order valence-electron chi connectivity index (χ1n) is 9.63. The number of benzene rings is 2. The fourth-order valence-electron chi connectivity index (χ4n) is 3.41. The number of nitrogens with zero attached hydrogens (tertiary/aromatic N) is 3. The number of carboxylic acids is 1. The van der Waals surface area contributed by atoms with Crippen LogP contribution < -0.4 is 4.74 Å². The minimum Gasteiger partial charge on any atom is -0.489 e. The van der Waals surface area contributed by atoms with Crippen LogP contribution in [-0.4, -0.2) is 31.9 Å². The third kappa shape index (κ3) is 4.18. The fraction of sp³-hybridized carbons (Fsp3) is 0.174. The molecule has 0 spiro atoms. The normalized spacial score (nSPS) is 11.6. The molecule has 0 saturated carbocycles. The maximum atomic E-state index is 10.9. The van der Waals surface area contributed by atoms with E-state index in [0.29, 0.717) is 28.1 Å². The first-order chi connectivity index (χ1) is 14.8. The summed E-state index contributed by atoms with van der Waals surface area (Å²) in [6, 6.07) is 11.0. The molecule has 0 amide bonds. The molecule has 0 unspecified atom stereocenters. The lowest BCUT2D eigenvalue weighted by molar-refractivity contribution is -0.131. The molecule has 0 aliphatic heterocycles. The average molecular weight is 438 g/mol. The third-order valence-corrected chi connectivity index (χ3v) is 4.94. The van der Waals surface area contributed by atoms with Crippen LogP contribution in [0.3, 0.4) is 0 Å². The Hall–Kier alpha value is -3.58. The van der Waals surface area contributed by atoms with Crippen LogP contribution in [0.5, 0.6) is 5.75 Å². The zero-order valence-corrected chi connectivity index (χ0v) is 17.9. The molecule has 0 aliphatic carbocycles. The lowest BCUT2D eigenvalue weighted by atomic mass is 10.1. The minimum atomic E-state index is -1.00. The van der Waals surface area contributed by atoms with Gasteiger partial charge in [0.15, 0.2) is 0 Å². The lowest BCUT2D eigenvalue weighted by Crippen LogP contribution is -2.05. The highest BCUT2D eigenvalue weighted by Gasteiger charge is 2.17. The minimum absolute atomic E-state index is 0.0133. The Morgan fingerprint density at radius 2 is 2.10 bits per heavy atom. The first-order valence-corrected chi connectivity index (χ1v) is 10.0. The Morgan fingerprint density at radius 1 is 1.29 bits per heavy atom. The zero-order valence-electron chi connectivity index (χ0n) is 17.2. The van der Waals surface area contributed by atoms with Crippen molar-refractivity contribution in [2.24, 2.45) is 7.05 Å². The highest BCUT2D eigenvalue weighted by Crippen LogP contribution is 2.34. The van der Waals surface area contributed by atoms with Gasteiger partial charge in [0.25, 0.3) is 5.89 Å². The number of rotatable bonds is 6. The Balaban J connectivity index is 1.73. The number of hydrogen-bond acceptors (Lipinski definition) is 5. The molecule has 0 saturated heterocycles. The second-order valence-electron chi connectivity index (χ2n) is 7.30. The van der Waals surface area contributed by atoms with Gasteiger partial charge in [-0.3, -0.25) is 0 Å². The molecule has 0 bridgehead atoms. The van der Waals surface area contributed by atoms with Crippen molar-refractivity contribution in [2.75, 3.05) is 0 Å². The van der Waals surface area contributed by atoms with Crippen LogP contribution in [0.1, 0.15) is 19.4 Å². The molecule has 1 N–H and O–H groups in total.